The van der Waals surface area contributed by atoms with E-state index in [1.165, 1.54) is 0 Å². The first-order chi connectivity index (χ1) is 10.8. The topological polar surface area (TPSA) is 76.1 Å². The summed E-state index contributed by atoms with van der Waals surface area (Å²) in [6.45, 7) is 1.94. The van der Waals surface area contributed by atoms with E-state index in [2.05, 4.69) is 20.6 Å². The highest BCUT2D eigenvalue weighted by atomic mass is 16.5. The smallest absolute Gasteiger partial charge is 0.253 e. The molecule has 2 aromatic rings. The molecule has 6 nitrogen and oxygen atoms in total. The Labute approximate surface area is 129 Å². The molecule has 2 aromatic heterocycles. The SMILES string of the molecule is COCCCNc1cncc(C(=O)NCc2ccncc2)c1. The molecular formula is C16H20N4O2. The van der Waals surface area contributed by atoms with E-state index in [-0.39, 0.29) is 5.91 Å². The Kier molecular flexibility index (Phi) is 6.32. The van der Waals surface area contributed by atoms with Gasteiger partial charge in [-0.2, -0.15) is 0 Å². The summed E-state index contributed by atoms with van der Waals surface area (Å²) in [4.78, 5) is 20.2. The summed E-state index contributed by atoms with van der Waals surface area (Å²) in [5.74, 6) is -0.148. The molecule has 2 N–H and O–H groups in total. The van der Waals surface area contributed by atoms with E-state index in [1.807, 2.05) is 12.1 Å². The third kappa shape index (κ3) is 5.14. The van der Waals surface area contributed by atoms with Crippen LogP contribution in [-0.4, -0.2) is 36.1 Å². The molecule has 2 rings (SSSR count). The molecule has 0 bridgehead atoms. The highest BCUT2D eigenvalue weighted by Gasteiger charge is 2.06. The van der Waals surface area contributed by atoms with E-state index >= 15 is 0 Å². The molecule has 0 saturated carbocycles. The standard InChI is InChI=1S/C16H20N4O2/c1-22-8-2-5-19-15-9-14(11-18-12-15)16(21)20-10-13-3-6-17-7-4-13/h3-4,6-7,9,11-12,19H,2,5,8,10H2,1H3,(H,20,21). The number of anilines is 1. The van der Waals surface area contributed by atoms with E-state index in [1.54, 1.807) is 38.0 Å². The number of ether oxygens (including phenoxy) is 1. The lowest BCUT2D eigenvalue weighted by Gasteiger charge is -2.08. The molecule has 0 spiro atoms. The fraction of sp³-hybridized carbons (Fsp3) is 0.312. The van der Waals surface area contributed by atoms with Gasteiger partial charge in [0.2, 0.25) is 0 Å². The van der Waals surface area contributed by atoms with Crippen LogP contribution < -0.4 is 10.6 Å². The van der Waals surface area contributed by atoms with Crippen molar-refractivity contribution in [3.8, 4) is 0 Å². The fourth-order valence-electron chi connectivity index (χ4n) is 1.90. The zero-order valence-electron chi connectivity index (χ0n) is 12.6. The number of amides is 1. The second-order valence-corrected chi connectivity index (χ2v) is 4.77. The van der Waals surface area contributed by atoms with Crippen LogP contribution in [0.5, 0.6) is 0 Å². The molecule has 0 aliphatic rings. The molecule has 0 fully saturated rings. The van der Waals surface area contributed by atoms with Gasteiger partial charge < -0.3 is 15.4 Å². The van der Waals surface area contributed by atoms with Crippen molar-refractivity contribution in [3.63, 3.8) is 0 Å². The van der Waals surface area contributed by atoms with Gasteiger partial charge in [0.05, 0.1) is 11.3 Å². The van der Waals surface area contributed by atoms with Crippen molar-refractivity contribution in [3.05, 3.63) is 54.1 Å². The van der Waals surface area contributed by atoms with E-state index in [0.29, 0.717) is 18.7 Å². The number of pyridine rings is 2. The summed E-state index contributed by atoms with van der Waals surface area (Å²) in [5.41, 5.74) is 2.36. The minimum absolute atomic E-state index is 0.148. The largest absolute Gasteiger partial charge is 0.385 e. The number of rotatable bonds is 8. The molecule has 0 radical (unpaired) electrons. The maximum Gasteiger partial charge on any atom is 0.253 e. The zero-order chi connectivity index (χ0) is 15.6. The van der Waals surface area contributed by atoms with Gasteiger partial charge in [0.1, 0.15) is 0 Å². The van der Waals surface area contributed by atoms with Gasteiger partial charge in [-0.15, -0.1) is 0 Å². The highest BCUT2D eigenvalue weighted by molar-refractivity contribution is 5.94. The Balaban J connectivity index is 1.86. The van der Waals surface area contributed by atoms with Crippen molar-refractivity contribution in [1.29, 1.82) is 0 Å². The minimum Gasteiger partial charge on any atom is -0.385 e. The van der Waals surface area contributed by atoms with Gasteiger partial charge in [0.25, 0.3) is 5.91 Å². The first-order valence-electron chi connectivity index (χ1n) is 7.14. The van der Waals surface area contributed by atoms with E-state index in [4.69, 9.17) is 4.74 Å². The number of carbonyl (C=O) groups excluding carboxylic acids is 1. The number of hydrogen-bond acceptors (Lipinski definition) is 5. The van der Waals surface area contributed by atoms with Gasteiger partial charge in [-0.3, -0.25) is 14.8 Å². The van der Waals surface area contributed by atoms with Gasteiger partial charge >= 0.3 is 0 Å². The van der Waals surface area contributed by atoms with Gasteiger partial charge in [0, 0.05) is 51.6 Å². The van der Waals surface area contributed by atoms with Crippen molar-refractivity contribution in [1.82, 2.24) is 15.3 Å². The van der Waals surface area contributed by atoms with Gasteiger partial charge in [-0.1, -0.05) is 0 Å². The fourth-order valence-corrected chi connectivity index (χ4v) is 1.90. The van der Waals surface area contributed by atoms with Crippen LogP contribution in [0.4, 0.5) is 5.69 Å². The van der Waals surface area contributed by atoms with Gasteiger partial charge in [-0.05, 0) is 30.2 Å². The van der Waals surface area contributed by atoms with E-state index < -0.39 is 0 Å². The normalized spacial score (nSPS) is 10.2. The number of carbonyl (C=O) groups is 1. The maximum atomic E-state index is 12.1. The van der Waals surface area contributed by atoms with Crippen LogP contribution in [0.25, 0.3) is 0 Å². The molecule has 1 amide bonds. The van der Waals surface area contributed by atoms with E-state index in [0.717, 1.165) is 24.2 Å². The Bertz CT molecular complexity index is 590. The molecule has 116 valence electrons. The average Bonchev–Trinajstić information content (AvgIpc) is 2.58. The summed E-state index contributed by atoms with van der Waals surface area (Å²) in [6, 6.07) is 5.53. The zero-order valence-corrected chi connectivity index (χ0v) is 12.6. The lowest BCUT2D eigenvalue weighted by molar-refractivity contribution is 0.0950. The minimum atomic E-state index is -0.148. The lowest BCUT2D eigenvalue weighted by Crippen LogP contribution is -2.23. The molecule has 0 aromatic carbocycles. The van der Waals surface area contributed by atoms with Crippen molar-refractivity contribution in [2.75, 3.05) is 25.6 Å². The van der Waals surface area contributed by atoms with Crippen LogP contribution in [0.15, 0.2) is 43.0 Å². The highest BCUT2D eigenvalue weighted by Crippen LogP contribution is 2.08. The summed E-state index contributed by atoms with van der Waals surface area (Å²) >= 11 is 0. The number of hydrogen-bond donors (Lipinski definition) is 2. The molecule has 6 heteroatoms. The Morgan fingerprint density at radius 3 is 2.82 bits per heavy atom. The second-order valence-electron chi connectivity index (χ2n) is 4.77. The Morgan fingerprint density at radius 1 is 1.23 bits per heavy atom. The van der Waals surface area contributed by atoms with Crippen molar-refractivity contribution < 1.29 is 9.53 Å². The second kappa shape index (κ2) is 8.74. The molecule has 22 heavy (non-hydrogen) atoms. The number of nitrogens with one attached hydrogen (secondary N) is 2. The number of aromatic nitrogens is 2. The van der Waals surface area contributed by atoms with E-state index in [9.17, 15) is 4.79 Å². The molecular weight excluding hydrogens is 280 g/mol. The summed E-state index contributed by atoms with van der Waals surface area (Å²) in [5, 5.41) is 6.08. The van der Waals surface area contributed by atoms with Crippen molar-refractivity contribution in [2.45, 2.75) is 13.0 Å². The predicted octanol–water partition coefficient (Wildman–Crippen LogP) is 1.85. The van der Waals surface area contributed by atoms with Crippen LogP contribution in [-0.2, 0) is 11.3 Å². The Morgan fingerprint density at radius 2 is 2.05 bits per heavy atom. The quantitative estimate of drug-likeness (QED) is 0.728. The molecule has 0 aliphatic carbocycles. The molecule has 0 atom stereocenters. The number of nitrogens with zero attached hydrogens (tertiary/aromatic N) is 2. The monoisotopic (exact) mass is 300 g/mol. The molecule has 2 heterocycles. The van der Waals surface area contributed by atoms with Crippen LogP contribution in [0.1, 0.15) is 22.3 Å². The molecule has 0 aliphatic heterocycles. The predicted molar refractivity (Wildman–Crippen MR) is 84.6 cm³/mol. The molecule has 0 saturated heterocycles. The van der Waals surface area contributed by atoms with Crippen LogP contribution in [0.3, 0.4) is 0 Å². The molecule has 0 unspecified atom stereocenters. The number of methoxy groups -OCH3 is 1. The summed E-state index contributed by atoms with van der Waals surface area (Å²) < 4.78 is 4.99. The van der Waals surface area contributed by atoms with Crippen LogP contribution in [0, 0.1) is 0 Å². The first kappa shape index (κ1) is 15.9. The third-order valence-corrected chi connectivity index (χ3v) is 3.06. The van der Waals surface area contributed by atoms with Crippen LogP contribution in [0.2, 0.25) is 0 Å². The van der Waals surface area contributed by atoms with Crippen molar-refractivity contribution >= 4 is 11.6 Å². The third-order valence-electron chi connectivity index (χ3n) is 3.06. The lowest BCUT2D eigenvalue weighted by atomic mass is 10.2. The van der Waals surface area contributed by atoms with Gasteiger partial charge in [-0.25, -0.2) is 0 Å². The van der Waals surface area contributed by atoms with Gasteiger partial charge in [0.15, 0.2) is 0 Å². The summed E-state index contributed by atoms with van der Waals surface area (Å²) in [6.07, 6.45) is 7.56. The maximum absolute atomic E-state index is 12.1. The van der Waals surface area contributed by atoms with Crippen molar-refractivity contribution in [2.24, 2.45) is 0 Å². The summed E-state index contributed by atoms with van der Waals surface area (Å²) in [7, 11) is 1.68. The first-order valence-corrected chi connectivity index (χ1v) is 7.14. The van der Waals surface area contributed by atoms with Crippen LogP contribution >= 0.6 is 0 Å². The average molecular weight is 300 g/mol. The Hall–Kier alpha value is -2.47.